The summed E-state index contributed by atoms with van der Waals surface area (Å²) in [6.45, 7) is 17.0. The second kappa shape index (κ2) is 8.00. The lowest BCUT2D eigenvalue weighted by Gasteiger charge is -2.31. The highest BCUT2D eigenvalue weighted by Crippen LogP contribution is 2.31. The molecule has 2 N–H and O–H groups in total. The van der Waals surface area contributed by atoms with Gasteiger partial charge in [-0.1, -0.05) is 12.1 Å². The van der Waals surface area contributed by atoms with Crippen LogP contribution in [-0.4, -0.2) is 25.8 Å². The molecule has 0 unspecified atom stereocenters. The molecule has 0 aliphatic carbocycles. The van der Waals surface area contributed by atoms with Crippen LogP contribution in [0.4, 0.5) is 11.4 Å². The Hall–Kier alpha value is -2.44. The van der Waals surface area contributed by atoms with Gasteiger partial charge in [0, 0.05) is 55.1 Å². The van der Waals surface area contributed by atoms with Crippen molar-refractivity contribution in [2.45, 2.75) is 78.8 Å². The van der Waals surface area contributed by atoms with Gasteiger partial charge in [0.2, 0.25) is 0 Å². The van der Waals surface area contributed by atoms with Crippen molar-refractivity contribution in [1.82, 2.24) is 9.80 Å². The number of hydrogen-bond acceptors (Lipinski definition) is 5. The SMILES string of the molecule is CC(C)(C)N1Cc2ccc(N)cc2C1.CC(C)(C)N1Cc2ccc([N+](=O)[O-])cc2C1. The van der Waals surface area contributed by atoms with Crippen LogP contribution in [-0.2, 0) is 26.2 Å². The highest BCUT2D eigenvalue weighted by molar-refractivity contribution is 5.46. The molecule has 0 saturated carbocycles. The Balaban J connectivity index is 0.000000172. The summed E-state index contributed by atoms with van der Waals surface area (Å²) < 4.78 is 0. The van der Waals surface area contributed by atoms with E-state index in [9.17, 15) is 10.1 Å². The predicted octanol–water partition coefficient (Wildman–Crippen LogP) is 5.09. The maximum atomic E-state index is 10.7. The molecule has 2 aliphatic heterocycles. The molecule has 162 valence electrons. The van der Waals surface area contributed by atoms with Crippen LogP contribution in [0.2, 0.25) is 0 Å². The Morgan fingerprint density at radius 1 is 0.767 bits per heavy atom. The molecule has 2 aromatic rings. The Morgan fingerprint density at radius 2 is 1.20 bits per heavy atom. The Kier molecular flexibility index (Phi) is 5.94. The van der Waals surface area contributed by atoms with Crippen LogP contribution < -0.4 is 5.73 Å². The van der Waals surface area contributed by atoms with Gasteiger partial charge in [0.1, 0.15) is 0 Å². The molecule has 0 bridgehead atoms. The smallest absolute Gasteiger partial charge is 0.269 e. The normalized spacial score (nSPS) is 16.6. The standard InChI is InChI=1S/C12H16N2O2.C12H18N2/c1-12(2,3)13-7-9-4-5-11(14(15)16)6-10(9)8-13;1-12(2,3)14-7-9-4-5-11(13)6-10(9)8-14/h4-6H,7-8H2,1-3H3;4-6H,7-8,13H2,1-3H3. The van der Waals surface area contributed by atoms with Crippen molar-refractivity contribution in [3.05, 3.63) is 68.8 Å². The van der Waals surface area contributed by atoms with E-state index in [2.05, 4.69) is 63.5 Å². The molecule has 30 heavy (non-hydrogen) atoms. The lowest BCUT2D eigenvalue weighted by Crippen LogP contribution is -2.36. The number of hydrogen-bond donors (Lipinski definition) is 1. The number of nitro benzene ring substituents is 1. The first-order chi connectivity index (χ1) is 13.8. The van der Waals surface area contributed by atoms with E-state index in [1.54, 1.807) is 12.1 Å². The lowest BCUT2D eigenvalue weighted by molar-refractivity contribution is -0.384. The first-order valence-corrected chi connectivity index (χ1v) is 10.5. The van der Waals surface area contributed by atoms with E-state index in [1.807, 2.05) is 12.1 Å². The van der Waals surface area contributed by atoms with Crippen LogP contribution in [0.3, 0.4) is 0 Å². The summed E-state index contributed by atoms with van der Waals surface area (Å²) in [6, 6.07) is 11.4. The molecule has 0 spiro atoms. The second-order valence-electron chi connectivity index (χ2n) is 10.3. The third-order valence-corrected chi connectivity index (χ3v) is 5.97. The third kappa shape index (κ3) is 4.99. The topological polar surface area (TPSA) is 75.6 Å². The van der Waals surface area contributed by atoms with Gasteiger partial charge >= 0.3 is 0 Å². The van der Waals surface area contributed by atoms with Gasteiger partial charge in [-0.05, 0) is 75.9 Å². The van der Waals surface area contributed by atoms with E-state index in [0.717, 1.165) is 37.4 Å². The van der Waals surface area contributed by atoms with E-state index in [1.165, 1.54) is 16.7 Å². The molecule has 0 atom stereocenters. The van der Waals surface area contributed by atoms with Crippen molar-refractivity contribution in [1.29, 1.82) is 0 Å². The second-order valence-corrected chi connectivity index (χ2v) is 10.3. The zero-order chi connectivity index (χ0) is 22.3. The number of nitrogens with two attached hydrogens (primary N) is 1. The van der Waals surface area contributed by atoms with Crippen LogP contribution >= 0.6 is 0 Å². The first-order valence-electron chi connectivity index (χ1n) is 10.5. The van der Waals surface area contributed by atoms with Crippen molar-refractivity contribution in [3.63, 3.8) is 0 Å². The van der Waals surface area contributed by atoms with E-state index >= 15 is 0 Å². The minimum absolute atomic E-state index is 0.105. The van der Waals surface area contributed by atoms with Crippen molar-refractivity contribution in [2.75, 3.05) is 5.73 Å². The zero-order valence-corrected chi connectivity index (χ0v) is 19.0. The van der Waals surface area contributed by atoms with Gasteiger partial charge < -0.3 is 5.73 Å². The summed E-state index contributed by atoms with van der Waals surface area (Å²) in [7, 11) is 0. The highest BCUT2D eigenvalue weighted by Gasteiger charge is 2.29. The quantitative estimate of drug-likeness (QED) is 0.402. The number of nitrogens with zero attached hydrogens (tertiary/aromatic N) is 3. The number of fused-ring (bicyclic) bond motifs is 2. The number of benzene rings is 2. The van der Waals surface area contributed by atoms with Gasteiger partial charge in [-0.15, -0.1) is 0 Å². The summed E-state index contributed by atoms with van der Waals surface area (Å²) >= 11 is 0. The van der Waals surface area contributed by atoms with Gasteiger partial charge in [0.15, 0.2) is 0 Å². The Morgan fingerprint density at radius 3 is 1.67 bits per heavy atom. The van der Waals surface area contributed by atoms with Crippen molar-refractivity contribution < 1.29 is 4.92 Å². The molecule has 0 radical (unpaired) electrons. The summed E-state index contributed by atoms with van der Waals surface area (Å²) in [5.74, 6) is 0. The molecular weight excluding hydrogens is 376 g/mol. The van der Waals surface area contributed by atoms with Gasteiger partial charge in [0.25, 0.3) is 5.69 Å². The largest absolute Gasteiger partial charge is 0.399 e. The number of rotatable bonds is 1. The van der Waals surface area contributed by atoms with Crippen molar-refractivity contribution in [3.8, 4) is 0 Å². The molecular formula is C24H34N4O2. The average molecular weight is 411 g/mol. The predicted molar refractivity (Wildman–Crippen MR) is 122 cm³/mol. The molecule has 6 heteroatoms. The van der Waals surface area contributed by atoms with Crippen LogP contribution in [0.15, 0.2) is 36.4 Å². The zero-order valence-electron chi connectivity index (χ0n) is 19.0. The fourth-order valence-electron chi connectivity index (χ4n) is 3.86. The average Bonchev–Trinajstić information content (AvgIpc) is 3.24. The minimum atomic E-state index is -0.333. The first kappa shape index (κ1) is 22.2. The van der Waals surface area contributed by atoms with Crippen LogP contribution in [0.1, 0.15) is 63.8 Å². The van der Waals surface area contributed by atoms with E-state index in [0.29, 0.717) is 0 Å². The molecule has 2 heterocycles. The molecule has 6 nitrogen and oxygen atoms in total. The van der Waals surface area contributed by atoms with E-state index < -0.39 is 0 Å². The van der Waals surface area contributed by atoms with Crippen molar-refractivity contribution >= 4 is 11.4 Å². The summed E-state index contributed by atoms with van der Waals surface area (Å²) in [5, 5.41) is 10.7. The number of nitrogen functional groups attached to an aromatic ring is 1. The van der Waals surface area contributed by atoms with E-state index in [4.69, 9.17) is 5.73 Å². The Labute approximate surface area is 179 Å². The molecule has 4 rings (SSSR count). The fourth-order valence-corrected chi connectivity index (χ4v) is 3.86. The van der Waals surface area contributed by atoms with Crippen LogP contribution in [0.5, 0.6) is 0 Å². The summed E-state index contributed by atoms with van der Waals surface area (Å²) in [6.07, 6.45) is 0. The molecule has 0 aromatic heterocycles. The monoisotopic (exact) mass is 410 g/mol. The number of non-ortho nitro benzene ring substituents is 1. The number of nitro groups is 1. The maximum Gasteiger partial charge on any atom is 0.269 e. The molecule has 0 saturated heterocycles. The number of anilines is 1. The Bertz CT molecular complexity index is 941. The van der Waals surface area contributed by atoms with E-state index in [-0.39, 0.29) is 21.7 Å². The summed E-state index contributed by atoms with van der Waals surface area (Å²) in [5.41, 5.74) is 12.3. The van der Waals surface area contributed by atoms with Gasteiger partial charge in [-0.2, -0.15) is 0 Å². The van der Waals surface area contributed by atoms with Crippen LogP contribution in [0.25, 0.3) is 0 Å². The van der Waals surface area contributed by atoms with Crippen LogP contribution in [0, 0.1) is 10.1 Å². The van der Waals surface area contributed by atoms with Gasteiger partial charge in [-0.25, -0.2) is 0 Å². The minimum Gasteiger partial charge on any atom is -0.399 e. The van der Waals surface area contributed by atoms with Crippen molar-refractivity contribution in [2.24, 2.45) is 0 Å². The molecule has 0 amide bonds. The lowest BCUT2D eigenvalue weighted by atomic mass is 10.1. The molecule has 2 aliphatic rings. The highest BCUT2D eigenvalue weighted by atomic mass is 16.6. The maximum absolute atomic E-state index is 10.7. The fraction of sp³-hybridized carbons (Fsp3) is 0.500. The van der Waals surface area contributed by atoms with Gasteiger partial charge in [-0.3, -0.25) is 19.9 Å². The molecule has 0 fully saturated rings. The van der Waals surface area contributed by atoms with Gasteiger partial charge in [0.05, 0.1) is 4.92 Å². The molecule has 2 aromatic carbocycles. The summed E-state index contributed by atoms with van der Waals surface area (Å²) in [4.78, 5) is 15.1. The third-order valence-electron chi connectivity index (χ3n) is 5.97.